The first-order chi connectivity index (χ1) is 10.3. The van der Waals surface area contributed by atoms with E-state index in [1.54, 1.807) is 16.0 Å². The molecule has 0 fully saturated rings. The van der Waals surface area contributed by atoms with Gasteiger partial charge in [-0.1, -0.05) is 11.3 Å². The Morgan fingerprint density at radius 1 is 1.24 bits per heavy atom. The highest BCUT2D eigenvalue weighted by atomic mass is 32.1. The Morgan fingerprint density at radius 2 is 2.05 bits per heavy atom. The summed E-state index contributed by atoms with van der Waals surface area (Å²) in [7, 11) is 0. The van der Waals surface area contributed by atoms with E-state index in [-0.39, 0.29) is 6.61 Å². The molecule has 21 heavy (non-hydrogen) atoms. The minimum Gasteiger partial charge on any atom is -0.494 e. The van der Waals surface area contributed by atoms with Crippen LogP contribution < -0.4 is 4.74 Å². The zero-order chi connectivity index (χ0) is 14.7. The van der Waals surface area contributed by atoms with Gasteiger partial charge in [-0.2, -0.15) is 0 Å². The highest BCUT2D eigenvalue weighted by Gasteiger charge is 2.16. The number of aliphatic hydroxyl groups is 1. The first kappa shape index (κ1) is 13.8. The zero-order valence-corrected chi connectivity index (χ0v) is 12.4. The number of hydrogen-bond acceptors (Lipinski definition) is 5. The van der Waals surface area contributed by atoms with Gasteiger partial charge in [0.05, 0.1) is 23.8 Å². The Morgan fingerprint density at radius 3 is 2.67 bits per heavy atom. The highest BCUT2D eigenvalue weighted by molar-refractivity contribution is 7.13. The van der Waals surface area contributed by atoms with E-state index in [4.69, 9.17) is 4.74 Å². The van der Waals surface area contributed by atoms with Crippen molar-refractivity contribution in [1.29, 1.82) is 0 Å². The SMILES string of the molecule is CCOc1ccc(-n2nnc(CO)c2-c2cccs2)cc1. The van der Waals surface area contributed by atoms with E-state index in [1.807, 2.05) is 48.7 Å². The van der Waals surface area contributed by atoms with Gasteiger partial charge < -0.3 is 9.84 Å². The standard InChI is InChI=1S/C15H15N3O2S/c1-2-20-12-7-5-11(6-8-12)18-15(13(10-19)16-17-18)14-4-3-9-21-14/h3-9,19H,2,10H2,1H3. The van der Waals surface area contributed by atoms with Crippen LogP contribution in [0.2, 0.25) is 0 Å². The van der Waals surface area contributed by atoms with E-state index < -0.39 is 0 Å². The molecule has 6 heteroatoms. The van der Waals surface area contributed by atoms with Crippen molar-refractivity contribution in [2.75, 3.05) is 6.61 Å². The second-order valence-corrected chi connectivity index (χ2v) is 5.31. The molecule has 0 aliphatic rings. The van der Waals surface area contributed by atoms with Crippen LogP contribution in [0.3, 0.4) is 0 Å². The Hall–Kier alpha value is -2.18. The molecule has 0 saturated heterocycles. The average Bonchev–Trinajstić information content (AvgIpc) is 3.17. The molecule has 5 nitrogen and oxygen atoms in total. The van der Waals surface area contributed by atoms with Gasteiger partial charge in [0.1, 0.15) is 17.1 Å². The fourth-order valence-corrected chi connectivity index (χ4v) is 2.89. The zero-order valence-electron chi connectivity index (χ0n) is 11.6. The number of rotatable bonds is 5. The van der Waals surface area contributed by atoms with Crippen molar-refractivity contribution in [3.05, 3.63) is 47.5 Å². The van der Waals surface area contributed by atoms with Crippen LogP contribution in [0.5, 0.6) is 5.75 Å². The Labute approximate surface area is 126 Å². The van der Waals surface area contributed by atoms with Gasteiger partial charge in [0.15, 0.2) is 0 Å². The predicted octanol–water partition coefficient (Wildman–Crippen LogP) is 2.89. The monoisotopic (exact) mass is 301 g/mol. The van der Waals surface area contributed by atoms with Gasteiger partial charge >= 0.3 is 0 Å². The summed E-state index contributed by atoms with van der Waals surface area (Å²) < 4.78 is 7.19. The number of thiophene rings is 1. The van der Waals surface area contributed by atoms with Crippen molar-refractivity contribution in [3.8, 4) is 22.0 Å². The van der Waals surface area contributed by atoms with Crippen molar-refractivity contribution in [2.45, 2.75) is 13.5 Å². The topological polar surface area (TPSA) is 60.2 Å². The summed E-state index contributed by atoms with van der Waals surface area (Å²) in [5.41, 5.74) is 2.29. The molecule has 108 valence electrons. The predicted molar refractivity (Wildman–Crippen MR) is 81.8 cm³/mol. The lowest BCUT2D eigenvalue weighted by atomic mass is 10.2. The lowest BCUT2D eigenvalue weighted by Crippen LogP contribution is -2.00. The fourth-order valence-electron chi connectivity index (χ4n) is 2.11. The number of aromatic nitrogens is 3. The fraction of sp³-hybridized carbons (Fsp3) is 0.200. The van der Waals surface area contributed by atoms with Gasteiger partial charge in [0.2, 0.25) is 0 Å². The van der Waals surface area contributed by atoms with E-state index in [1.165, 1.54) is 0 Å². The van der Waals surface area contributed by atoms with Crippen molar-refractivity contribution >= 4 is 11.3 Å². The second kappa shape index (κ2) is 6.07. The molecule has 0 aliphatic carbocycles. The van der Waals surface area contributed by atoms with E-state index in [2.05, 4.69) is 10.3 Å². The Bertz CT molecular complexity index is 705. The van der Waals surface area contributed by atoms with Gasteiger partial charge in [-0.05, 0) is 42.6 Å². The molecule has 0 spiro atoms. The molecular weight excluding hydrogens is 286 g/mol. The van der Waals surface area contributed by atoms with Gasteiger partial charge in [0.25, 0.3) is 0 Å². The first-order valence-corrected chi connectivity index (χ1v) is 7.54. The number of ether oxygens (including phenoxy) is 1. The Balaban J connectivity index is 2.04. The molecular formula is C15H15N3O2S. The molecule has 2 heterocycles. The van der Waals surface area contributed by atoms with Crippen LogP contribution in [0.1, 0.15) is 12.6 Å². The van der Waals surface area contributed by atoms with E-state index >= 15 is 0 Å². The smallest absolute Gasteiger partial charge is 0.119 e. The van der Waals surface area contributed by atoms with Crippen molar-refractivity contribution in [2.24, 2.45) is 0 Å². The van der Waals surface area contributed by atoms with E-state index in [0.717, 1.165) is 22.0 Å². The molecule has 0 radical (unpaired) electrons. The third-order valence-electron chi connectivity index (χ3n) is 3.04. The van der Waals surface area contributed by atoms with Crippen LogP contribution in [0, 0.1) is 0 Å². The van der Waals surface area contributed by atoms with Gasteiger partial charge in [-0.15, -0.1) is 16.4 Å². The molecule has 0 atom stereocenters. The third-order valence-corrected chi connectivity index (χ3v) is 3.91. The van der Waals surface area contributed by atoms with Crippen molar-refractivity contribution < 1.29 is 9.84 Å². The number of aliphatic hydroxyl groups excluding tert-OH is 1. The van der Waals surface area contributed by atoms with Crippen molar-refractivity contribution in [1.82, 2.24) is 15.0 Å². The van der Waals surface area contributed by atoms with Crippen molar-refractivity contribution in [3.63, 3.8) is 0 Å². The maximum absolute atomic E-state index is 9.46. The molecule has 3 aromatic rings. The molecule has 1 aromatic carbocycles. The quantitative estimate of drug-likeness (QED) is 0.787. The lowest BCUT2D eigenvalue weighted by molar-refractivity contribution is 0.277. The number of hydrogen-bond donors (Lipinski definition) is 1. The van der Waals surface area contributed by atoms with Crippen LogP contribution in [-0.2, 0) is 6.61 Å². The summed E-state index contributed by atoms with van der Waals surface area (Å²) >= 11 is 1.59. The minimum atomic E-state index is -0.135. The molecule has 0 saturated carbocycles. The largest absolute Gasteiger partial charge is 0.494 e. The van der Waals surface area contributed by atoms with Crippen LogP contribution in [0.4, 0.5) is 0 Å². The molecule has 1 N–H and O–H groups in total. The first-order valence-electron chi connectivity index (χ1n) is 6.66. The maximum Gasteiger partial charge on any atom is 0.119 e. The highest BCUT2D eigenvalue weighted by Crippen LogP contribution is 2.29. The molecule has 0 aliphatic heterocycles. The lowest BCUT2D eigenvalue weighted by Gasteiger charge is -2.07. The number of benzene rings is 1. The summed E-state index contributed by atoms with van der Waals surface area (Å²) in [5.74, 6) is 0.821. The van der Waals surface area contributed by atoms with Gasteiger partial charge in [0, 0.05) is 0 Å². The minimum absolute atomic E-state index is 0.135. The van der Waals surface area contributed by atoms with Crippen LogP contribution in [0.15, 0.2) is 41.8 Å². The molecule has 3 rings (SSSR count). The maximum atomic E-state index is 9.46. The summed E-state index contributed by atoms with van der Waals surface area (Å²) in [6.45, 7) is 2.45. The third kappa shape index (κ3) is 2.68. The molecule has 0 bridgehead atoms. The van der Waals surface area contributed by atoms with Gasteiger partial charge in [-0.25, -0.2) is 4.68 Å². The van der Waals surface area contributed by atoms with Gasteiger partial charge in [-0.3, -0.25) is 0 Å². The van der Waals surface area contributed by atoms with Crippen LogP contribution >= 0.6 is 11.3 Å². The van der Waals surface area contributed by atoms with E-state index in [0.29, 0.717) is 12.3 Å². The summed E-state index contributed by atoms with van der Waals surface area (Å²) in [4.78, 5) is 1.03. The molecule has 0 amide bonds. The molecule has 0 unspecified atom stereocenters. The number of nitrogens with zero attached hydrogens (tertiary/aromatic N) is 3. The van der Waals surface area contributed by atoms with Crippen LogP contribution in [0.25, 0.3) is 16.3 Å². The molecule has 2 aromatic heterocycles. The summed E-state index contributed by atoms with van der Waals surface area (Å²) in [5, 5.41) is 19.7. The van der Waals surface area contributed by atoms with Crippen LogP contribution in [-0.4, -0.2) is 26.7 Å². The summed E-state index contributed by atoms with van der Waals surface area (Å²) in [6, 6.07) is 11.6. The average molecular weight is 301 g/mol. The second-order valence-electron chi connectivity index (χ2n) is 4.36. The van der Waals surface area contributed by atoms with E-state index in [9.17, 15) is 5.11 Å². The summed E-state index contributed by atoms with van der Waals surface area (Å²) in [6.07, 6.45) is 0. The Kier molecular flexibility index (Phi) is 3.98. The normalized spacial score (nSPS) is 10.8.